The lowest BCUT2D eigenvalue weighted by Crippen LogP contribution is -2.33. The zero-order valence-corrected chi connectivity index (χ0v) is 22.4. The van der Waals surface area contributed by atoms with Crippen LogP contribution in [-0.4, -0.2) is 58.5 Å². The number of carbonyl (C=O) groups excluding carboxylic acids is 2. The molecule has 1 aliphatic rings. The summed E-state index contributed by atoms with van der Waals surface area (Å²) in [5.41, 5.74) is 4.95. The van der Waals surface area contributed by atoms with Gasteiger partial charge in [-0.2, -0.15) is 0 Å². The zero-order valence-electron chi connectivity index (χ0n) is 22.4. The smallest absolute Gasteiger partial charge is 0.353 e. The number of nitrogens with one attached hydrogen (secondary N) is 1. The predicted octanol–water partition coefficient (Wildman–Crippen LogP) is 3.06. The van der Waals surface area contributed by atoms with Crippen LogP contribution in [0.1, 0.15) is 21.6 Å². The molecule has 1 saturated heterocycles. The molecule has 0 aliphatic carbocycles. The summed E-state index contributed by atoms with van der Waals surface area (Å²) in [6.07, 6.45) is 0. The number of carbonyl (C=O) groups is 2. The van der Waals surface area contributed by atoms with Crippen molar-refractivity contribution in [2.45, 2.75) is 13.8 Å². The van der Waals surface area contributed by atoms with Crippen LogP contribution in [0.15, 0.2) is 59.4 Å². The molecule has 39 heavy (non-hydrogen) atoms. The minimum Gasteiger partial charge on any atom is -0.467 e. The van der Waals surface area contributed by atoms with Crippen molar-refractivity contribution in [3.8, 4) is 22.8 Å². The largest absolute Gasteiger partial charge is 0.467 e. The van der Waals surface area contributed by atoms with E-state index in [2.05, 4.69) is 10.4 Å². The molecule has 11 nitrogen and oxygen atoms in total. The SMILES string of the molecule is CNC(=O)c1cccc(N2CCN(c3nc(C)cc(-c4ccc(-n5c(OC)nn(C)c5=O)cc4)c3C)C2=O)c1. The number of urea groups is 1. The van der Waals surface area contributed by atoms with Gasteiger partial charge < -0.3 is 10.1 Å². The summed E-state index contributed by atoms with van der Waals surface area (Å²) in [6, 6.07) is 16.5. The first-order valence-electron chi connectivity index (χ1n) is 12.4. The average molecular weight is 528 g/mol. The van der Waals surface area contributed by atoms with Gasteiger partial charge in [-0.1, -0.05) is 18.2 Å². The average Bonchev–Trinajstić information content (AvgIpc) is 3.47. The highest BCUT2D eigenvalue weighted by Crippen LogP contribution is 2.33. The van der Waals surface area contributed by atoms with E-state index in [1.54, 1.807) is 42.1 Å². The first-order valence-corrected chi connectivity index (χ1v) is 12.4. The van der Waals surface area contributed by atoms with Gasteiger partial charge >= 0.3 is 17.7 Å². The second kappa shape index (κ2) is 10.1. The third-order valence-electron chi connectivity index (χ3n) is 6.80. The van der Waals surface area contributed by atoms with Crippen LogP contribution in [0.4, 0.5) is 16.3 Å². The Balaban J connectivity index is 1.46. The number of anilines is 2. The Bertz CT molecular complexity index is 1640. The minimum atomic E-state index is -0.309. The molecule has 0 radical (unpaired) electrons. The number of amides is 3. The number of rotatable bonds is 6. The van der Waals surface area contributed by atoms with Crippen LogP contribution in [0, 0.1) is 13.8 Å². The van der Waals surface area contributed by atoms with Gasteiger partial charge in [0.2, 0.25) is 0 Å². The van der Waals surface area contributed by atoms with Crippen molar-refractivity contribution in [3.05, 3.63) is 81.9 Å². The number of benzene rings is 2. The maximum absolute atomic E-state index is 13.5. The standard InChI is InChI=1S/C28H29N7O4/c1-17-15-23(19-9-11-21(12-10-19)35-26(39-5)31-32(4)27(35)37)18(2)24(30-17)34-14-13-33(28(34)38)22-8-6-7-20(16-22)25(36)29-3/h6-12,15-16H,13-14H2,1-5H3,(H,29,36). The van der Waals surface area contributed by atoms with Crippen LogP contribution in [0.3, 0.4) is 0 Å². The molecule has 11 heteroatoms. The molecule has 3 heterocycles. The summed E-state index contributed by atoms with van der Waals surface area (Å²) in [5.74, 6) is 0.383. The van der Waals surface area contributed by atoms with Crippen molar-refractivity contribution in [3.63, 3.8) is 0 Å². The maximum atomic E-state index is 13.5. The third kappa shape index (κ3) is 4.52. The van der Waals surface area contributed by atoms with Crippen molar-refractivity contribution in [1.82, 2.24) is 24.6 Å². The first-order chi connectivity index (χ1) is 18.7. The molecule has 200 valence electrons. The molecule has 1 fully saturated rings. The topological polar surface area (TPSA) is 115 Å². The van der Waals surface area contributed by atoms with Gasteiger partial charge in [0.05, 0.1) is 12.8 Å². The van der Waals surface area contributed by atoms with Crippen LogP contribution in [0.5, 0.6) is 6.01 Å². The van der Waals surface area contributed by atoms with Gasteiger partial charge in [-0.05, 0) is 66.9 Å². The number of hydrogen-bond donors (Lipinski definition) is 1. The highest BCUT2D eigenvalue weighted by Gasteiger charge is 2.33. The van der Waals surface area contributed by atoms with Crippen molar-refractivity contribution < 1.29 is 14.3 Å². The fourth-order valence-electron chi connectivity index (χ4n) is 4.80. The van der Waals surface area contributed by atoms with E-state index in [0.717, 1.165) is 22.4 Å². The van der Waals surface area contributed by atoms with Gasteiger partial charge in [-0.25, -0.2) is 23.8 Å². The summed E-state index contributed by atoms with van der Waals surface area (Å²) >= 11 is 0. The lowest BCUT2D eigenvalue weighted by atomic mass is 10.00. The van der Waals surface area contributed by atoms with Gasteiger partial charge in [-0.15, -0.1) is 5.10 Å². The van der Waals surface area contributed by atoms with Crippen molar-refractivity contribution in [1.29, 1.82) is 0 Å². The van der Waals surface area contributed by atoms with E-state index in [1.165, 1.54) is 16.4 Å². The molecule has 4 aromatic rings. The highest BCUT2D eigenvalue weighted by atomic mass is 16.5. The number of aryl methyl sites for hydroxylation is 2. The summed E-state index contributed by atoms with van der Waals surface area (Å²) in [4.78, 5) is 46.2. The third-order valence-corrected chi connectivity index (χ3v) is 6.80. The zero-order chi connectivity index (χ0) is 27.8. The van der Waals surface area contributed by atoms with Gasteiger partial charge in [0.25, 0.3) is 5.91 Å². The molecule has 2 aromatic heterocycles. The highest BCUT2D eigenvalue weighted by molar-refractivity contribution is 6.07. The van der Waals surface area contributed by atoms with Crippen molar-refractivity contribution in [2.24, 2.45) is 7.05 Å². The number of aromatic nitrogens is 4. The Morgan fingerprint density at radius 1 is 0.974 bits per heavy atom. The number of nitrogens with zero attached hydrogens (tertiary/aromatic N) is 6. The molecule has 0 unspecified atom stereocenters. The Kier molecular flexibility index (Phi) is 6.65. The molecule has 0 spiro atoms. The summed E-state index contributed by atoms with van der Waals surface area (Å²) < 4.78 is 7.88. The fourth-order valence-corrected chi connectivity index (χ4v) is 4.80. The molecule has 2 aromatic carbocycles. The van der Waals surface area contributed by atoms with Crippen molar-refractivity contribution in [2.75, 3.05) is 37.0 Å². The number of ether oxygens (including phenoxy) is 1. The molecular formula is C28H29N7O4. The van der Waals surface area contributed by atoms with Crippen LogP contribution < -0.4 is 25.5 Å². The second-order valence-corrected chi connectivity index (χ2v) is 9.25. The van der Waals surface area contributed by atoms with E-state index in [9.17, 15) is 14.4 Å². The van der Waals surface area contributed by atoms with E-state index < -0.39 is 0 Å². The number of pyridine rings is 1. The molecule has 1 N–H and O–H groups in total. The van der Waals surface area contributed by atoms with Gasteiger partial charge in [0.15, 0.2) is 0 Å². The van der Waals surface area contributed by atoms with Crippen LogP contribution in [0.2, 0.25) is 0 Å². The lowest BCUT2D eigenvalue weighted by molar-refractivity contribution is 0.0963. The van der Waals surface area contributed by atoms with Gasteiger partial charge in [-0.3, -0.25) is 14.6 Å². The Labute approximate surface area is 225 Å². The Morgan fingerprint density at radius 2 is 1.69 bits per heavy atom. The van der Waals surface area contributed by atoms with E-state index >= 15 is 0 Å². The van der Waals surface area contributed by atoms with E-state index in [1.807, 2.05) is 50.2 Å². The van der Waals surface area contributed by atoms with Gasteiger partial charge in [0, 0.05) is 44.1 Å². The molecule has 1 aliphatic heterocycles. The Hall–Kier alpha value is -4.93. The van der Waals surface area contributed by atoms with Crippen LogP contribution in [0.25, 0.3) is 16.8 Å². The normalized spacial score (nSPS) is 13.2. The van der Waals surface area contributed by atoms with Gasteiger partial charge in [0.1, 0.15) is 5.82 Å². The van der Waals surface area contributed by atoms with Crippen molar-refractivity contribution >= 4 is 23.4 Å². The molecular weight excluding hydrogens is 498 g/mol. The fraction of sp³-hybridized carbons (Fsp3) is 0.250. The second-order valence-electron chi connectivity index (χ2n) is 9.25. The quantitative estimate of drug-likeness (QED) is 0.412. The number of methoxy groups -OCH3 is 1. The molecule has 0 saturated carbocycles. The minimum absolute atomic E-state index is 0.199. The molecule has 5 rings (SSSR count). The monoisotopic (exact) mass is 527 g/mol. The van der Waals surface area contributed by atoms with E-state index in [-0.39, 0.29) is 23.6 Å². The molecule has 0 atom stereocenters. The van der Waals surface area contributed by atoms with Crippen LogP contribution in [-0.2, 0) is 7.05 Å². The number of hydrogen-bond acceptors (Lipinski definition) is 6. The predicted molar refractivity (Wildman–Crippen MR) is 148 cm³/mol. The molecule has 3 amide bonds. The maximum Gasteiger partial charge on any atom is 0.353 e. The van der Waals surface area contributed by atoms with E-state index in [4.69, 9.17) is 9.72 Å². The summed E-state index contributed by atoms with van der Waals surface area (Å²) in [6.45, 7) is 4.77. The van der Waals surface area contributed by atoms with Crippen LogP contribution >= 0.6 is 0 Å². The van der Waals surface area contributed by atoms with E-state index in [0.29, 0.717) is 35.8 Å². The lowest BCUT2D eigenvalue weighted by Gasteiger charge is -2.22. The summed E-state index contributed by atoms with van der Waals surface area (Å²) in [5, 5.41) is 6.71. The Morgan fingerprint density at radius 3 is 2.38 bits per heavy atom. The summed E-state index contributed by atoms with van der Waals surface area (Å²) in [7, 11) is 4.61. The molecule has 0 bridgehead atoms. The first kappa shape index (κ1) is 25.7.